The fourth-order valence-electron chi connectivity index (χ4n) is 3.72. The average molecular weight is 378 g/mol. The van der Waals surface area contributed by atoms with Crippen molar-refractivity contribution in [2.75, 3.05) is 19.6 Å². The Morgan fingerprint density at radius 1 is 1.26 bits per heavy atom. The number of likely N-dealkylation sites (tertiary alicyclic amines) is 1. The monoisotopic (exact) mass is 378 g/mol. The van der Waals surface area contributed by atoms with Gasteiger partial charge in [0.05, 0.1) is 6.04 Å². The standard InChI is InChI=1S/C19H30N4O4/c1-4-15(5-2)23-12-9-17(20-23)19(27)21-10-6-7-16(8-11-21)22(14(3)24)13-18(25)26/h9,12,15-16H,4-8,10-11,13H2,1-3H3,(H,25,26). The molecule has 2 heterocycles. The van der Waals surface area contributed by atoms with E-state index in [4.69, 9.17) is 5.11 Å². The minimum Gasteiger partial charge on any atom is -0.480 e. The summed E-state index contributed by atoms with van der Waals surface area (Å²) in [5, 5.41) is 13.5. The zero-order chi connectivity index (χ0) is 20.0. The third kappa shape index (κ3) is 5.30. The molecular weight excluding hydrogens is 348 g/mol. The molecule has 8 nitrogen and oxygen atoms in total. The second kappa shape index (κ2) is 9.53. The first-order chi connectivity index (χ1) is 12.9. The highest BCUT2D eigenvalue weighted by molar-refractivity contribution is 5.92. The smallest absolute Gasteiger partial charge is 0.323 e. The van der Waals surface area contributed by atoms with E-state index >= 15 is 0 Å². The maximum Gasteiger partial charge on any atom is 0.323 e. The predicted octanol–water partition coefficient (Wildman–Crippen LogP) is 2.17. The van der Waals surface area contributed by atoms with Gasteiger partial charge in [-0.2, -0.15) is 5.10 Å². The molecular formula is C19H30N4O4. The van der Waals surface area contributed by atoms with Crippen molar-refractivity contribution >= 4 is 17.8 Å². The number of rotatable bonds is 7. The van der Waals surface area contributed by atoms with Gasteiger partial charge in [0.1, 0.15) is 12.2 Å². The van der Waals surface area contributed by atoms with Gasteiger partial charge in [-0.25, -0.2) is 0 Å². The molecule has 1 aromatic rings. The van der Waals surface area contributed by atoms with Crippen molar-refractivity contribution in [2.24, 2.45) is 0 Å². The van der Waals surface area contributed by atoms with E-state index < -0.39 is 5.97 Å². The molecule has 0 saturated carbocycles. The second-order valence-corrected chi connectivity index (χ2v) is 7.07. The first-order valence-corrected chi connectivity index (χ1v) is 9.70. The van der Waals surface area contributed by atoms with Crippen LogP contribution in [0.4, 0.5) is 0 Å². The Bertz CT molecular complexity index is 668. The SMILES string of the molecule is CCC(CC)n1ccc(C(=O)N2CCCC(N(CC(=O)O)C(C)=O)CC2)n1. The highest BCUT2D eigenvalue weighted by atomic mass is 16.4. The lowest BCUT2D eigenvalue weighted by Gasteiger charge is -2.28. The Morgan fingerprint density at radius 3 is 2.56 bits per heavy atom. The third-order valence-electron chi connectivity index (χ3n) is 5.28. The van der Waals surface area contributed by atoms with Gasteiger partial charge in [-0.15, -0.1) is 0 Å². The van der Waals surface area contributed by atoms with E-state index in [1.54, 1.807) is 11.0 Å². The van der Waals surface area contributed by atoms with Crippen molar-refractivity contribution in [3.63, 3.8) is 0 Å². The van der Waals surface area contributed by atoms with Crippen molar-refractivity contribution < 1.29 is 19.5 Å². The van der Waals surface area contributed by atoms with Crippen LogP contribution in [0.15, 0.2) is 12.3 Å². The normalized spacial score (nSPS) is 17.6. The summed E-state index contributed by atoms with van der Waals surface area (Å²) in [6.07, 6.45) is 5.77. The van der Waals surface area contributed by atoms with Crippen LogP contribution >= 0.6 is 0 Å². The Balaban J connectivity index is 2.03. The summed E-state index contributed by atoms with van der Waals surface area (Å²) >= 11 is 0. The molecule has 1 aromatic heterocycles. The molecule has 0 radical (unpaired) electrons. The molecule has 1 aliphatic rings. The molecule has 0 aromatic carbocycles. The van der Waals surface area contributed by atoms with E-state index in [1.165, 1.54) is 11.8 Å². The topological polar surface area (TPSA) is 95.7 Å². The molecule has 2 amide bonds. The van der Waals surface area contributed by atoms with Crippen LogP contribution in [0, 0.1) is 0 Å². The lowest BCUT2D eigenvalue weighted by molar-refractivity contribution is -0.145. The molecule has 1 saturated heterocycles. The summed E-state index contributed by atoms with van der Waals surface area (Å²) in [6.45, 7) is 6.38. The van der Waals surface area contributed by atoms with Crippen molar-refractivity contribution in [1.82, 2.24) is 19.6 Å². The predicted molar refractivity (Wildman–Crippen MR) is 100 cm³/mol. The van der Waals surface area contributed by atoms with Crippen molar-refractivity contribution in [2.45, 2.75) is 65.0 Å². The van der Waals surface area contributed by atoms with E-state index in [9.17, 15) is 14.4 Å². The van der Waals surface area contributed by atoms with Gasteiger partial charge in [-0.1, -0.05) is 13.8 Å². The van der Waals surface area contributed by atoms with Crippen molar-refractivity contribution in [3.8, 4) is 0 Å². The fraction of sp³-hybridized carbons (Fsp3) is 0.684. The van der Waals surface area contributed by atoms with Gasteiger partial charge >= 0.3 is 5.97 Å². The summed E-state index contributed by atoms with van der Waals surface area (Å²) in [7, 11) is 0. The summed E-state index contributed by atoms with van der Waals surface area (Å²) in [6, 6.07) is 1.90. The van der Waals surface area contributed by atoms with Gasteiger partial charge in [-0.3, -0.25) is 19.1 Å². The van der Waals surface area contributed by atoms with Gasteiger partial charge < -0.3 is 14.9 Å². The molecule has 0 spiro atoms. The first kappa shape index (κ1) is 20.9. The number of carboxylic acids is 1. The number of amides is 2. The molecule has 8 heteroatoms. The van der Waals surface area contributed by atoms with Crippen LogP contribution in [0.3, 0.4) is 0 Å². The van der Waals surface area contributed by atoms with Crippen LogP contribution in [0.25, 0.3) is 0 Å². The maximum atomic E-state index is 12.8. The Labute approximate surface area is 160 Å². The first-order valence-electron chi connectivity index (χ1n) is 9.70. The quantitative estimate of drug-likeness (QED) is 0.784. The number of carbonyl (C=O) groups excluding carboxylic acids is 2. The molecule has 2 rings (SSSR count). The van der Waals surface area contributed by atoms with Gasteiger partial charge in [0.25, 0.3) is 5.91 Å². The Kier molecular flexibility index (Phi) is 7.38. The molecule has 1 fully saturated rings. The number of nitrogens with zero attached hydrogens (tertiary/aromatic N) is 4. The fourth-order valence-corrected chi connectivity index (χ4v) is 3.72. The van der Waals surface area contributed by atoms with E-state index in [2.05, 4.69) is 18.9 Å². The van der Waals surface area contributed by atoms with Crippen LogP contribution in [0.2, 0.25) is 0 Å². The van der Waals surface area contributed by atoms with Crippen molar-refractivity contribution in [1.29, 1.82) is 0 Å². The zero-order valence-corrected chi connectivity index (χ0v) is 16.4. The molecule has 1 N–H and O–H groups in total. The largest absolute Gasteiger partial charge is 0.480 e. The summed E-state index contributed by atoms with van der Waals surface area (Å²) in [5.74, 6) is -1.37. The van der Waals surface area contributed by atoms with Gasteiger partial charge in [0.15, 0.2) is 0 Å². The van der Waals surface area contributed by atoms with E-state index in [0.717, 1.165) is 19.3 Å². The number of hydrogen-bond acceptors (Lipinski definition) is 4. The highest BCUT2D eigenvalue weighted by Gasteiger charge is 2.28. The van der Waals surface area contributed by atoms with E-state index in [1.807, 2.05) is 10.9 Å². The zero-order valence-electron chi connectivity index (χ0n) is 16.4. The number of aliphatic carboxylic acids is 1. The molecule has 1 atom stereocenters. The number of carboxylic acid groups (broad SMARTS) is 1. The van der Waals surface area contributed by atoms with Gasteiger partial charge in [0, 0.05) is 32.3 Å². The second-order valence-electron chi connectivity index (χ2n) is 7.07. The van der Waals surface area contributed by atoms with Crippen LogP contribution in [-0.2, 0) is 9.59 Å². The molecule has 0 aliphatic carbocycles. The number of carbonyl (C=O) groups is 3. The number of aromatic nitrogens is 2. The van der Waals surface area contributed by atoms with E-state index in [0.29, 0.717) is 37.7 Å². The Morgan fingerprint density at radius 2 is 1.96 bits per heavy atom. The van der Waals surface area contributed by atoms with Crippen LogP contribution in [-0.4, -0.2) is 68.1 Å². The minimum absolute atomic E-state index is 0.104. The molecule has 27 heavy (non-hydrogen) atoms. The van der Waals surface area contributed by atoms with E-state index in [-0.39, 0.29) is 24.4 Å². The molecule has 1 unspecified atom stereocenters. The highest BCUT2D eigenvalue weighted by Crippen LogP contribution is 2.20. The lowest BCUT2D eigenvalue weighted by Crippen LogP contribution is -2.43. The lowest BCUT2D eigenvalue weighted by atomic mass is 10.1. The molecule has 150 valence electrons. The molecule has 1 aliphatic heterocycles. The maximum absolute atomic E-state index is 12.8. The molecule has 0 bridgehead atoms. The average Bonchev–Trinajstić information content (AvgIpc) is 2.98. The summed E-state index contributed by atoms with van der Waals surface area (Å²) in [5.41, 5.74) is 0.439. The van der Waals surface area contributed by atoms with Crippen LogP contribution < -0.4 is 0 Å². The summed E-state index contributed by atoms with van der Waals surface area (Å²) < 4.78 is 1.86. The minimum atomic E-state index is -1.02. The van der Waals surface area contributed by atoms with Crippen molar-refractivity contribution in [3.05, 3.63) is 18.0 Å². The van der Waals surface area contributed by atoms with Gasteiger partial charge in [-0.05, 0) is 38.2 Å². The number of hydrogen-bond donors (Lipinski definition) is 1. The van der Waals surface area contributed by atoms with Crippen LogP contribution in [0.5, 0.6) is 0 Å². The van der Waals surface area contributed by atoms with Crippen LogP contribution in [0.1, 0.15) is 69.4 Å². The third-order valence-corrected chi connectivity index (χ3v) is 5.28. The summed E-state index contributed by atoms with van der Waals surface area (Å²) in [4.78, 5) is 38.9. The van der Waals surface area contributed by atoms with Gasteiger partial charge in [0.2, 0.25) is 5.91 Å². The Hall–Kier alpha value is -2.38.